The van der Waals surface area contributed by atoms with Crippen LogP contribution in [0.1, 0.15) is 10.6 Å². The van der Waals surface area contributed by atoms with Gasteiger partial charge < -0.3 is 9.73 Å². The predicted octanol–water partition coefficient (Wildman–Crippen LogP) is 6.24. The van der Waals surface area contributed by atoms with Gasteiger partial charge in [-0.3, -0.25) is 0 Å². The highest BCUT2D eigenvalue weighted by molar-refractivity contribution is 9.11. The summed E-state index contributed by atoms with van der Waals surface area (Å²) in [5, 5.41) is 5.48. The number of nitrogens with one attached hydrogen (secondary N) is 1. The predicted molar refractivity (Wildman–Crippen MR) is 102 cm³/mol. The average molecular weight is 464 g/mol. The van der Waals surface area contributed by atoms with Crippen molar-refractivity contribution in [2.45, 2.75) is 13.1 Å². The van der Waals surface area contributed by atoms with Gasteiger partial charge >= 0.3 is 0 Å². The monoisotopic (exact) mass is 461 g/mol. The van der Waals surface area contributed by atoms with Crippen molar-refractivity contribution >= 4 is 55.6 Å². The van der Waals surface area contributed by atoms with Crippen molar-refractivity contribution < 1.29 is 4.42 Å². The molecule has 2 nitrogen and oxygen atoms in total. The largest absolute Gasteiger partial charge is 0.460 e. The van der Waals surface area contributed by atoms with Gasteiger partial charge in [-0.15, -0.1) is 23.7 Å². The summed E-state index contributed by atoms with van der Waals surface area (Å²) in [5.41, 5.74) is 1.06. The molecule has 0 aliphatic heterocycles. The van der Waals surface area contributed by atoms with Gasteiger partial charge in [-0.25, -0.2) is 0 Å². The van der Waals surface area contributed by atoms with Gasteiger partial charge in [-0.1, -0.05) is 22.0 Å². The summed E-state index contributed by atoms with van der Waals surface area (Å²) in [6, 6.07) is 14.3. The van der Waals surface area contributed by atoms with Crippen LogP contribution in [0, 0.1) is 0 Å². The van der Waals surface area contributed by atoms with E-state index in [9.17, 15) is 0 Å². The minimum absolute atomic E-state index is 0. The Kier molecular flexibility index (Phi) is 6.71. The molecule has 0 aliphatic carbocycles. The van der Waals surface area contributed by atoms with Crippen LogP contribution in [0.2, 0.25) is 0 Å². The van der Waals surface area contributed by atoms with E-state index in [0.29, 0.717) is 0 Å². The quantitative estimate of drug-likeness (QED) is 0.484. The summed E-state index contributed by atoms with van der Waals surface area (Å²) in [6.45, 7) is 1.60. The van der Waals surface area contributed by atoms with Crippen LogP contribution in [-0.2, 0) is 13.1 Å². The highest BCUT2D eigenvalue weighted by Gasteiger charge is 2.08. The van der Waals surface area contributed by atoms with Crippen LogP contribution >= 0.6 is 55.6 Å². The van der Waals surface area contributed by atoms with Gasteiger partial charge in [0.15, 0.2) is 0 Å². The Morgan fingerprint density at radius 2 is 1.91 bits per heavy atom. The van der Waals surface area contributed by atoms with E-state index in [1.807, 2.05) is 30.3 Å². The number of halogens is 3. The first kappa shape index (κ1) is 17.8. The SMILES string of the molecule is Brc1ccc(-c2ccc(CNCc3cccs3)o2)c(Br)c1.Cl. The lowest BCUT2D eigenvalue weighted by molar-refractivity contribution is 0.494. The summed E-state index contributed by atoms with van der Waals surface area (Å²) in [4.78, 5) is 1.33. The van der Waals surface area contributed by atoms with E-state index in [1.54, 1.807) is 11.3 Å². The maximum absolute atomic E-state index is 5.91. The van der Waals surface area contributed by atoms with Gasteiger partial charge in [0.05, 0.1) is 6.54 Å². The smallest absolute Gasteiger partial charge is 0.135 e. The van der Waals surface area contributed by atoms with Crippen molar-refractivity contribution in [1.29, 1.82) is 0 Å². The van der Waals surface area contributed by atoms with Crippen molar-refractivity contribution in [1.82, 2.24) is 5.32 Å². The number of thiophene rings is 1. The molecule has 0 amide bonds. The van der Waals surface area contributed by atoms with E-state index in [2.05, 4.69) is 54.7 Å². The fraction of sp³-hybridized carbons (Fsp3) is 0.125. The minimum Gasteiger partial charge on any atom is -0.460 e. The van der Waals surface area contributed by atoms with Crippen molar-refractivity contribution in [2.75, 3.05) is 0 Å². The summed E-state index contributed by atoms with van der Waals surface area (Å²) in [6.07, 6.45) is 0. The van der Waals surface area contributed by atoms with Crippen molar-refractivity contribution in [3.63, 3.8) is 0 Å². The Hall–Kier alpha value is -0.590. The minimum atomic E-state index is 0. The van der Waals surface area contributed by atoms with E-state index in [-0.39, 0.29) is 12.4 Å². The molecule has 22 heavy (non-hydrogen) atoms. The lowest BCUT2D eigenvalue weighted by atomic mass is 10.2. The molecule has 0 unspecified atom stereocenters. The molecule has 1 N–H and O–H groups in total. The highest BCUT2D eigenvalue weighted by atomic mass is 79.9. The zero-order valence-electron chi connectivity index (χ0n) is 11.5. The van der Waals surface area contributed by atoms with Gasteiger partial charge in [-0.05, 0) is 57.7 Å². The Bertz CT molecular complexity index is 728. The molecule has 116 valence electrons. The van der Waals surface area contributed by atoms with Gasteiger partial charge in [0.2, 0.25) is 0 Å². The molecule has 0 atom stereocenters. The molecule has 0 spiro atoms. The average Bonchev–Trinajstić information content (AvgIpc) is 3.10. The van der Waals surface area contributed by atoms with Crippen LogP contribution in [0.4, 0.5) is 0 Å². The highest BCUT2D eigenvalue weighted by Crippen LogP contribution is 2.31. The summed E-state index contributed by atoms with van der Waals surface area (Å²) < 4.78 is 7.97. The standard InChI is InChI=1S/C16H13Br2NOS.ClH/c17-11-3-5-14(15(18)8-11)16-6-4-12(20-16)9-19-10-13-2-1-7-21-13;/h1-8,19H,9-10H2;1H. The van der Waals surface area contributed by atoms with Gasteiger partial charge in [-0.2, -0.15) is 0 Å². The van der Waals surface area contributed by atoms with E-state index in [0.717, 1.165) is 39.1 Å². The normalized spacial score (nSPS) is 10.5. The van der Waals surface area contributed by atoms with Crippen molar-refractivity contribution in [3.05, 3.63) is 67.4 Å². The number of furan rings is 1. The van der Waals surface area contributed by atoms with Crippen molar-refractivity contribution in [3.8, 4) is 11.3 Å². The molecular formula is C16H14Br2ClNOS. The molecule has 0 saturated heterocycles. The fourth-order valence-electron chi connectivity index (χ4n) is 2.03. The number of hydrogen-bond acceptors (Lipinski definition) is 3. The Morgan fingerprint density at radius 1 is 1.05 bits per heavy atom. The van der Waals surface area contributed by atoms with Crippen LogP contribution in [0.5, 0.6) is 0 Å². The Balaban J connectivity index is 0.00000176. The van der Waals surface area contributed by atoms with Gasteiger partial charge in [0.1, 0.15) is 11.5 Å². The third-order valence-corrected chi connectivity index (χ3v) is 5.06. The molecule has 1 aromatic carbocycles. The van der Waals surface area contributed by atoms with Gasteiger partial charge in [0.25, 0.3) is 0 Å². The summed E-state index contributed by atoms with van der Waals surface area (Å²) in [5.74, 6) is 1.82. The van der Waals surface area contributed by atoms with Crippen LogP contribution < -0.4 is 5.32 Å². The zero-order valence-corrected chi connectivity index (χ0v) is 16.3. The number of benzene rings is 1. The Morgan fingerprint density at radius 3 is 2.64 bits per heavy atom. The first-order valence-electron chi connectivity index (χ1n) is 6.49. The molecule has 3 aromatic rings. The lowest BCUT2D eigenvalue weighted by Crippen LogP contribution is -2.10. The number of rotatable bonds is 5. The second kappa shape index (κ2) is 8.31. The van der Waals surface area contributed by atoms with Crippen molar-refractivity contribution in [2.24, 2.45) is 0 Å². The lowest BCUT2D eigenvalue weighted by Gasteiger charge is -2.03. The maximum Gasteiger partial charge on any atom is 0.135 e. The van der Waals surface area contributed by atoms with Crippen LogP contribution in [0.25, 0.3) is 11.3 Å². The molecule has 0 aliphatic rings. The van der Waals surface area contributed by atoms with E-state index in [1.165, 1.54) is 4.88 Å². The molecule has 3 rings (SSSR count). The molecule has 6 heteroatoms. The third kappa shape index (κ3) is 4.46. The van der Waals surface area contributed by atoms with Crippen LogP contribution in [-0.4, -0.2) is 0 Å². The molecule has 2 heterocycles. The second-order valence-electron chi connectivity index (χ2n) is 4.57. The third-order valence-electron chi connectivity index (χ3n) is 3.04. The molecular weight excluding hydrogens is 450 g/mol. The first-order chi connectivity index (χ1) is 10.2. The van der Waals surface area contributed by atoms with Crippen LogP contribution in [0.15, 0.2) is 61.2 Å². The molecule has 0 bridgehead atoms. The summed E-state index contributed by atoms with van der Waals surface area (Å²) in [7, 11) is 0. The fourth-order valence-corrected chi connectivity index (χ4v) is 3.95. The van der Waals surface area contributed by atoms with E-state index < -0.39 is 0 Å². The Labute approximate surface area is 156 Å². The zero-order chi connectivity index (χ0) is 14.7. The summed E-state index contributed by atoms with van der Waals surface area (Å²) >= 11 is 8.78. The molecule has 2 aromatic heterocycles. The van der Waals surface area contributed by atoms with Gasteiger partial charge in [0, 0.05) is 25.9 Å². The van der Waals surface area contributed by atoms with E-state index in [4.69, 9.17) is 4.42 Å². The molecule has 0 radical (unpaired) electrons. The van der Waals surface area contributed by atoms with E-state index >= 15 is 0 Å². The van der Waals surface area contributed by atoms with Crippen LogP contribution in [0.3, 0.4) is 0 Å². The first-order valence-corrected chi connectivity index (χ1v) is 8.96. The molecule has 0 fully saturated rings. The molecule has 0 saturated carbocycles. The number of hydrogen-bond donors (Lipinski definition) is 1. The maximum atomic E-state index is 5.91. The topological polar surface area (TPSA) is 25.2 Å². The second-order valence-corrected chi connectivity index (χ2v) is 7.38.